The molecule has 1 aromatic rings. The van der Waals surface area contributed by atoms with Crippen LogP contribution in [-0.2, 0) is 6.42 Å². The van der Waals surface area contributed by atoms with Gasteiger partial charge < -0.3 is 10.1 Å². The maximum atomic E-state index is 5.68. The largest absolute Gasteiger partial charge is 0.494 e. The Morgan fingerprint density at radius 1 is 1.22 bits per heavy atom. The zero-order valence-electron chi connectivity index (χ0n) is 11.7. The normalized spacial score (nSPS) is 10.9. The minimum absolute atomic E-state index is 0.559. The highest BCUT2D eigenvalue weighted by Gasteiger charge is 1.97. The van der Waals surface area contributed by atoms with Gasteiger partial charge in [-0.3, -0.25) is 0 Å². The van der Waals surface area contributed by atoms with Crippen molar-refractivity contribution in [3.05, 3.63) is 29.8 Å². The molecule has 1 aromatic carbocycles. The molecule has 0 saturated carbocycles. The zero-order valence-corrected chi connectivity index (χ0v) is 12.6. The van der Waals surface area contributed by atoms with Gasteiger partial charge in [-0.15, -0.1) is 0 Å². The predicted octanol–water partition coefficient (Wildman–Crippen LogP) is 3.36. The summed E-state index contributed by atoms with van der Waals surface area (Å²) in [6.45, 7) is 6.19. The Balaban J connectivity index is 2.24. The molecular formula is C15H25NOS. The van der Waals surface area contributed by atoms with E-state index in [0.29, 0.717) is 6.04 Å². The Kier molecular flexibility index (Phi) is 7.94. The third kappa shape index (κ3) is 6.92. The maximum absolute atomic E-state index is 5.68. The van der Waals surface area contributed by atoms with Crippen LogP contribution in [0.3, 0.4) is 0 Å². The van der Waals surface area contributed by atoms with Crippen LogP contribution in [0.25, 0.3) is 0 Å². The summed E-state index contributed by atoms with van der Waals surface area (Å²) < 4.78 is 5.68. The number of rotatable bonds is 9. The van der Waals surface area contributed by atoms with Crippen LogP contribution < -0.4 is 10.1 Å². The summed E-state index contributed by atoms with van der Waals surface area (Å²) in [4.78, 5) is 0. The van der Waals surface area contributed by atoms with Crippen molar-refractivity contribution in [3.8, 4) is 5.75 Å². The van der Waals surface area contributed by atoms with E-state index in [4.69, 9.17) is 4.74 Å². The molecule has 0 fully saturated rings. The van der Waals surface area contributed by atoms with Crippen LogP contribution in [0.4, 0.5) is 0 Å². The highest BCUT2D eigenvalue weighted by Crippen LogP contribution is 2.13. The molecule has 0 aliphatic heterocycles. The minimum atomic E-state index is 0.559. The molecule has 0 atom stereocenters. The fourth-order valence-corrected chi connectivity index (χ4v) is 2.06. The minimum Gasteiger partial charge on any atom is -0.494 e. The number of hydrogen-bond donors (Lipinski definition) is 1. The van der Waals surface area contributed by atoms with Gasteiger partial charge in [0.15, 0.2) is 0 Å². The van der Waals surface area contributed by atoms with E-state index >= 15 is 0 Å². The van der Waals surface area contributed by atoms with Crippen LogP contribution in [0.5, 0.6) is 5.75 Å². The first-order valence-corrected chi connectivity index (χ1v) is 8.06. The highest BCUT2D eigenvalue weighted by atomic mass is 32.2. The van der Waals surface area contributed by atoms with Gasteiger partial charge in [-0.05, 0) is 49.1 Å². The average molecular weight is 267 g/mol. The molecule has 0 aliphatic rings. The van der Waals surface area contributed by atoms with E-state index in [1.165, 1.54) is 11.3 Å². The molecule has 0 aliphatic carbocycles. The smallest absolute Gasteiger partial charge is 0.119 e. The lowest BCUT2D eigenvalue weighted by atomic mass is 10.1. The monoisotopic (exact) mass is 267 g/mol. The molecule has 3 heteroatoms. The van der Waals surface area contributed by atoms with Gasteiger partial charge >= 0.3 is 0 Å². The van der Waals surface area contributed by atoms with Crippen molar-refractivity contribution in [1.29, 1.82) is 0 Å². The lowest BCUT2D eigenvalue weighted by Gasteiger charge is -2.09. The first-order valence-electron chi connectivity index (χ1n) is 6.66. The van der Waals surface area contributed by atoms with Crippen molar-refractivity contribution in [1.82, 2.24) is 5.32 Å². The van der Waals surface area contributed by atoms with Gasteiger partial charge in [0.2, 0.25) is 0 Å². The number of hydrogen-bond acceptors (Lipinski definition) is 3. The van der Waals surface area contributed by atoms with E-state index in [-0.39, 0.29) is 0 Å². The number of nitrogens with one attached hydrogen (secondary N) is 1. The van der Waals surface area contributed by atoms with Gasteiger partial charge in [0, 0.05) is 6.04 Å². The van der Waals surface area contributed by atoms with Crippen LogP contribution in [0.2, 0.25) is 0 Å². The molecular weight excluding hydrogens is 242 g/mol. The maximum Gasteiger partial charge on any atom is 0.119 e. The van der Waals surface area contributed by atoms with E-state index in [2.05, 4.69) is 49.7 Å². The van der Waals surface area contributed by atoms with Gasteiger partial charge in [0.05, 0.1) is 6.61 Å². The standard InChI is InChI=1S/C15H25NOS/c1-13(2)16-10-9-14-5-7-15(8-6-14)17-11-4-12-18-3/h5-8,13,16H,4,9-12H2,1-3H3. The molecule has 2 nitrogen and oxygen atoms in total. The van der Waals surface area contributed by atoms with Gasteiger partial charge in [0.1, 0.15) is 5.75 Å². The molecule has 0 amide bonds. The summed E-state index contributed by atoms with van der Waals surface area (Å²) in [5, 5.41) is 3.42. The summed E-state index contributed by atoms with van der Waals surface area (Å²) in [5.74, 6) is 2.15. The Morgan fingerprint density at radius 2 is 1.94 bits per heavy atom. The lowest BCUT2D eigenvalue weighted by Crippen LogP contribution is -2.24. The number of benzene rings is 1. The summed E-state index contributed by atoms with van der Waals surface area (Å²) in [6.07, 6.45) is 4.31. The molecule has 0 spiro atoms. The molecule has 0 aromatic heterocycles. The van der Waals surface area contributed by atoms with Crippen LogP contribution in [0.1, 0.15) is 25.8 Å². The molecule has 1 N–H and O–H groups in total. The van der Waals surface area contributed by atoms with Crippen molar-refractivity contribution in [2.75, 3.05) is 25.2 Å². The Bertz CT molecular complexity index is 311. The second-order valence-electron chi connectivity index (χ2n) is 4.70. The first kappa shape index (κ1) is 15.4. The molecule has 0 bridgehead atoms. The van der Waals surface area contributed by atoms with Crippen molar-refractivity contribution in [2.24, 2.45) is 0 Å². The highest BCUT2D eigenvalue weighted by molar-refractivity contribution is 7.98. The van der Waals surface area contributed by atoms with Crippen LogP contribution in [0.15, 0.2) is 24.3 Å². The van der Waals surface area contributed by atoms with Crippen molar-refractivity contribution in [2.45, 2.75) is 32.7 Å². The number of thioether (sulfide) groups is 1. The molecule has 1 rings (SSSR count). The summed E-state index contributed by atoms with van der Waals surface area (Å²) in [6, 6.07) is 9.02. The van der Waals surface area contributed by atoms with E-state index in [1.807, 2.05) is 11.8 Å². The molecule has 0 heterocycles. The molecule has 0 saturated heterocycles. The Labute approximate surface area is 116 Å². The quantitative estimate of drug-likeness (QED) is 0.693. The van der Waals surface area contributed by atoms with Crippen molar-refractivity contribution >= 4 is 11.8 Å². The Morgan fingerprint density at radius 3 is 2.56 bits per heavy atom. The lowest BCUT2D eigenvalue weighted by molar-refractivity contribution is 0.318. The first-order chi connectivity index (χ1) is 8.72. The van der Waals surface area contributed by atoms with E-state index in [0.717, 1.165) is 31.7 Å². The molecule has 102 valence electrons. The average Bonchev–Trinajstić information content (AvgIpc) is 2.36. The van der Waals surface area contributed by atoms with E-state index in [9.17, 15) is 0 Å². The zero-order chi connectivity index (χ0) is 13.2. The van der Waals surface area contributed by atoms with Crippen LogP contribution in [-0.4, -0.2) is 31.2 Å². The fraction of sp³-hybridized carbons (Fsp3) is 0.600. The molecule has 0 unspecified atom stereocenters. The van der Waals surface area contributed by atoms with E-state index in [1.54, 1.807) is 0 Å². The van der Waals surface area contributed by atoms with Crippen LogP contribution in [0, 0.1) is 0 Å². The van der Waals surface area contributed by atoms with Gasteiger partial charge in [-0.25, -0.2) is 0 Å². The summed E-state index contributed by atoms with van der Waals surface area (Å²) in [5.41, 5.74) is 1.36. The molecule has 18 heavy (non-hydrogen) atoms. The van der Waals surface area contributed by atoms with Crippen molar-refractivity contribution < 1.29 is 4.74 Å². The fourth-order valence-electron chi connectivity index (χ4n) is 1.65. The van der Waals surface area contributed by atoms with Gasteiger partial charge in [0.25, 0.3) is 0 Å². The second-order valence-corrected chi connectivity index (χ2v) is 5.68. The third-order valence-corrected chi connectivity index (χ3v) is 3.35. The molecule has 0 radical (unpaired) electrons. The second kappa shape index (κ2) is 9.29. The van der Waals surface area contributed by atoms with E-state index < -0.39 is 0 Å². The van der Waals surface area contributed by atoms with Gasteiger partial charge in [-0.2, -0.15) is 11.8 Å². The Hall–Kier alpha value is -0.670. The van der Waals surface area contributed by atoms with Crippen LogP contribution >= 0.6 is 11.8 Å². The number of ether oxygens (including phenoxy) is 1. The van der Waals surface area contributed by atoms with Crippen molar-refractivity contribution in [3.63, 3.8) is 0 Å². The predicted molar refractivity (Wildman–Crippen MR) is 81.8 cm³/mol. The summed E-state index contributed by atoms with van der Waals surface area (Å²) in [7, 11) is 0. The summed E-state index contributed by atoms with van der Waals surface area (Å²) >= 11 is 1.86. The SMILES string of the molecule is CSCCCOc1ccc(CCNC(C)C)cc1. The topological polar surface area (TPSA) is 21.3 Å². The third-order valence-electron chi connectivity index (χ3n) is 2.65. The van der Waals surface area contributed by atoms with Gasteiger partial charge in [-0.1, -0.05) is 26.0 Å².